The topological polar surface area (TPSA) is 178 Å². The van der Waals surface area contributed by atoms with Gasteiger partial charge in [0.2, 0.25) is 0 Å². The fourth-order valence-electron chi connectivity index (χ4n) is 8.27. The minimum Gasteiger partial charge on any atom is -0.458 e. The molecule has 1 saturated carbocycles. The van der Waals surface area contributed by atoms with Crippen molar-refractivity contribution in [2.45, 2.75) is 122 Å². The van der Waals surface area contributed by atoms with Gasteiger partial charge >= 0.3 is 18.0 Å². The van der Waals surface area contributed by atoms with E-state index in [1.807, 2.05) is 0 Å². The Balaban J connectivity index is 1.58. The number of fused-ring (bicyclic) bond motifs is 3. The molecule has 1 heterocycles. The minimum absolute atomic E-state index is 0.0603. The van der Waals surface area contributed by atoms with E-state index in [2.05, 4.69) is 5.32 Å². The van der Waals surface area contributed by atoms with Gasteiger partial charge in [0.1, 0.15) is 29.5 Å². The lowest BCUT2D eigenvalue weighted by Gasteiger charge is -2.59. The number of alkyl carbamates (subject to hydrolysis) is 1. The molecule has 0 aromatic heterocycles. The van der Waals surface area contributed by atoms with Crippen LogP contribution in [0.1, 0.15) is 96.6 Å². The molecular formula is C41H53NO11. The van der Waals surface area contributed by atoms with Crippen LogP contribution in [0.25, 0.3) is 0 Å². The molecular weight excluding hydrogens is 682 g/mol. The number of ether oxygens (including phenoxy) is 4. The number of ketones is 1. The Morgan fingerprint density at radius 1 is 0.981 bits per heavy atom. The predicted molar refractivity (Wildman–Crippen MR) is 193 cm³/mol. The molecule has 2 bridgehead atoms. The molecule has 2 aromatic rings. The quantitative estimate of drug-likeness (QED) is 0.171. The minimum atomic E-state index is -2.07. The van der Waals surface area contributed by atoms with E-state index in [0.29, 0.717) is 11.1 Å². The monoisotopic (exact) mass is 735 g/mol. The van der Waals surface area contributed by atoms with Crippen LogP contribution >= 0.6 is 0 Å². The molecule has 288 valence electrons. The third-order valence-corrected chi connectivity index (χ3v) is 11.4. The second-order valence-corrected chi connectivity index (χ2v) is 16.4. The number of Topliss-reactive ketones (excluding diaryl/α,β-unsaturated/α-hetero) is 1. The summed E-state index contributed by atoms with van der Waals surface area (Å²) in [4.78, 5) is 55.1. The Kier molecular flexibility index (Phi) is 11.3. The van der Waals surface area contributed by atoms with Crippen LogP contribution in [0.5, 0.6) is 0 Å². The molecule has 4 N–H and O–H groups in total. The third-order valence-electron chi connectivity index (χ3n) is 11.4. The molecule has 0 spiro atoms. The van der Waals surface area contributed by atoms with Crippen LogP contribution < -0.4 is 5.32 Å². The van der Waals surface area contributed by atoms with Gasteiger partial charge in [-0.25, -0.2) is 9.59 Å². The maximum atomic E-state index is 14.6. The summed E-state index contributed by atoms with van der Waals surface area (Å²) >= 11 is 0. The van der Waals surface area contributed by atoms with E-state index >= 15 is 0 Å². The molecule has 53 heavy (non-hydrogen) atoms. The van der Waals surface area contributed by atoms with Crippen LogP contribution in [-0.2, 0) is 28.5 Å². The standard InChI is InChI=1S/C41H53NO11/c1-23-19-30(43)40(8)27(22-50-23)35(52-36(47)26-17-13-10-14-18-26)41(49)21-29(24(2)32(39(41,6)7)33(45)34(40)46)51-31(44)20-28(25-15-11-9-12-16-25)42-37(48)53-38(3,4)5/h9-18,23,27-30,33,35,43,45,49H,19-22H2,1-8H3,(H,42,48)/t23-,27?,28+,29-,30-,33+,35-,40-,41+/m0/s1. The molecule has 3 aliphatic rings. The number of hydrogen-bond donors (Lipinski definition) is 4. The van der Waals surface area contributed by atoms with Gasteiger partial charge in [0, 0.05) is 24.2 Å². The summed E-state index contributed by atoms with van der Waals surface area (Å²) in [5.41, 5.74) is -4.75. The van der Waals surface area contributed by atoms with E-state index in [4.69, 9.17) is 18.9 Å². The van der Waals surface area contributed by atoms with Crippen LogP contribution in [0, 0.1) is 16.7 Å². The van der Waals surface area contributed by atoms with Gasteiger partial charge < -0.3 is 39.6 Å². The highest BCUT2D eigenvalue weighted by Crippen LogP contribution is 2.58. The van der Waals surface area contributed by atoms with E-state index in [1.165, 1.54) is 6.92 Å². The molecule has 1 saturated heterocycles. The number of amides is 1. The zero-order valence-corrected chi connectivity index (χ0v) is 31.8. The van der Waals surface area contributed by atoms with Crippen molar-refractivity contribution in [3.8, 4) is 0 Å². The van der Waals surface area contributed by atoms with E-state index in [9.17, 15) is 34.5 Å². The number of rotatable bonds is 7. The Morgan fingerprint density at radius 2 is 1.58 bits per heavy atom. The van der Waals surface area contributed by atoms with Crippen molar-refractivity contribution in [2.24, 2.45) is 16.7 Å². The van der Waals surface area contributed by atoms with Crippen LogP contribution in [0.3, 0.4) is 0 Å². The zero-order chi connectivity index (χ0) is 39.1. The average Bonchev–Trinajstić information content (AvgIpc) is 3.19. The maximum Gasteiger partial charge on any atom is 0.408 e. The number of aliphatic hydroxyl groups excluding tert-OH is 2. The highest BCUT2D eigenvalue weighted by Gasteiger charge is 2.68. The van der Waals surface area contributed by atoms with E-state index < -0.39 is 88.3 Å². The molecule has 1 amide bonds. The second kappa shape index (κ2) is 15.0. The normalized spacial score (nSPS) is 31.9. The first-order valence-electron chi connectivity index (χ1n) is 18.2. The lowest BCUT2D eigenvalue weighted by Crippen LogP contribution is -2.70. The maximum absolute atomic E-state index is 14.6. The molecule has 9 atom stereocenters. The number of esters is 2. The van der Waals surface area contributed by atoms with E-state index in [0.717, 1.165) is 0 Å². The fourth-order valence-corrected chi connectivity index (χ4v) is 8.27. The van der Waals surface area contributed by atoms with Crippen LogP contribution in [0.2, 0.25) is 0 Å². The van der Waals surface area contributed by atoms with E-state index in [-0.39, 0.29) is 37.0 Å². The lowest BCUT2D eigenvalue weighted by molar-refractivity contribution is -0.218. The predicted octanol–water partition coefficient (Wildman–Crippen LogP) is 4.99. The molecule has 1 aliphatic heterocycles. The molecule has 5 rings (SSSR count). The smallest absolute Gasteiger partial charge is 0.408 e. The lowest BCUT2D eigenvalue weighted by atomic mass is 9.50. The Hall–Kier alpha value is -4.10. The van der Waals surface area contributed by atoms with Crippen LogP contribution in [-0.4, -0.2) is 87.5 Å². The summed E-state index contributed by atoms with van der Waals surface area (Å²) in [5.74, 6) is -3.37. The Labute approximate surface area is 310 Å². The van der Waals surface area contributed by atoms with Crippen molar-refractivity contribution in [3.63, 3.8) is 0 Å². The number of hydrogen-bond acceptors (Lipinski definition) is 11. The van der Waals surface area contributed by atoms with Gasteiger partial charge in [0.05, 0.1) is 42.3 Å². The van der Waals surface area contributed by atoms with Gasteiger partial charge in [0.25, 0.3) is 0 Å². The van der Waals surface area contributed by atoms with Crippen LogP contribution in [0.4, 0.5) is 4.79 Å². The van der Waals surface area contributed by atoms with Gasteiger partial charge in [-0.2, -0.15) is 0 Å². The van der Waals surface area contributed by atoms with Gasteiger partial charge in [-0.1, -0.05) is 62.4 Å². The van der Waals surface area contributed by atoms with Crippen molar-refractivity contribution in [1.82, 2.24) is 5.32 Å². The van der Waals surface area contributed by atoms with Crippen molar-refractivity contribution in [2.75, 3.05) is 6.61 Å². The first-order valence-corrected chi connectivity index (χ1v) is 18.2. The summed E-state index contributed by atoms with van der Waals surface area (Å²) in [7, 11) is 0. The molecule has 12 nitrogen and oxygen atoms in total. The first kappa shape index (κ1) is 40.1. The number of benzene rings is 2. The second-order valence-electron chi connectivity index (χ2n) is 16.4. The van der Waals surface area contributed by atoms with Crippen molar-refractivity contribution in [1.29, 1.82) is 0 Å². The molecule has 1 unspecified atom stereocenters. The number of carbonyl (C=O) groups excluding carboxylic acids is 4. The Morgan fingerprint density at radius 3 is 2.19 bits per heavy atom. The number of aliphatic hydroxyl groups is 3. The highest BCUT2D eigenvalue weighted by molar-refractivity contribution is 5.93. The van der Waals surface area contributed by atoms with E-state index in [1.54, 1.807) is 109 Å². The summed E-state index contributed by atoms with van der Waals surface area (Å²) in [5, 5.41) is 39.5. The Bertz CT molecular complexity index is 1720. The van der Waals surface area contributed by atoms with Crippen molar-refractivity contribution in [3.05, 3.63) is 82.9 Å². The molecule has 2 fully saturated rings. The summed E-state index contributed by atoms with van der Waals surface area (Å²) in [6.07, 6.45) is -7.58. The summed E-state index contributed by atoms with van der Waals surface area (Å²) in [6.45, 7) is 13.2. The van der Waals surface area contributed by atoms with Crippen molar-refractivity contribution >= 4 is 23.8 Å². The number of nitrogens with one attached hydrogen (secondary N) is 1. The van der Waals surface area contributed by atoms with Gasteiger partial charge in [-0.05, 0) is 70.4 Å². The van der Waals surface area contributed by atoms with Gasteiger partial charge in [-0.3, -0.25) is 9.59 Å². The number of carbonyl (C=O) groups is 4. The molecule has 12 heteroatoms. The van der Waals surface area contributed by atoms with Gasteiger partial charge in [0.15, 0.2) is 5.78 Å². The molecule has 0 radical (unpaired) electrons. The molecule has 2 aromatic carbocycles. The summed E-state index contributed by atoms with van der Waals surface area (Å²) in [6, 6.07) is 16.2. The fraction of sp³-hybridized carbons (Fsp3) is 0.561. The van der Waals surface area contributed by atoms with Gasteiger partial charge in [-0.15, -0.1) is 0 Å². The average molecular weight is 736 g/mol. The first-order chi connectivity index (χ1) is 24.7. The zero-order valence-electron chi connectivity index (χ0n) is 31.8. The SMILES string of the molecule is CC1=C2[C@@H](O)C(=O)[C@@]3(C)C(CO[C@@H](C)C[C@@H]3O)[C@H](OC(=O)c3ccccc3)[C@](O)(C[C@@H]1OC(=O)C[C@@H](NC(=O)OC(C)(C)C)c1ccccc1)C2(C)C. The largest absolute Gasteiger partial charge is 0.458 e. The third kappa shape index (κ3) is 7.78. The molecule has 2 aliphatic carbocycles. The van der Waals surface area contributed by atoms with Crippen molar-refractivity contribution < 1.29 is 53.4 Å². The summed E-state index contributed by atoms with van der Waals surface area (Å²) < 4.78 is 23.9. The highest BCUT2D eigenvalue weighted by atomic mass is 16.6. The van der Waals surface area contributed by atoms with Crippen LogP contribution in [0.15, 0.2) is 71.8 Å².